The van der Waals surface area contributed by atoms with Crippen LogP contribution in [0.25, 0.3) is 6.08 Å². The quantitative estimate of drug-likeness (QED) is 0.108. The van der Waals surface area contributed by atoms with Gasteiger partial charge < -0.3 is 16.0 Å². The molecule has 0 radical (unpaired) electrons. The van der Waals surface area contributed by atoms with Gasteiger partial charge in [0.1, 0.15) is 10.9 Å². The highest BCUT2D eigenvalue weighted by molar-refractivity contribution is 8.00. The third-order valence-electron chi connectivity index (χ3n) is 6.18. The van der Waals surface area contributed by atoms with Gasteiger partial charge in [0.2, 0.25) is 5.91 Å². The lowest BCUT2D eigenvalue weighted by atomic mass is 10.1. The first kappa shape index (κ1) is 29.8. The average molecular weight is 624 g/mol. The minimum absolute atomic E-state index is 0.118. The SMILES string of the molecule is O=C(Nc1ccc(SC(C(=O)Nc2cccc(Cl)c2)c2ccccc2)cc1)/C(=C/c1ccsc1)NC(=O)c1ccccc1. The first-order valence-electron chi connectivity index (χ1n) is 13.2. The van der Waals surface area contributed by atoms with Gasteiger partial charge in [0.05, 0.1) is 0 Å². The van der Waals surface area contributed by atoms with E-state index in [0.29, 0.717) is 22.0 Å². The van der Waals surface area contributed by atoms with Crippen LogP contribution in [0.1, 0.15) is 26.7 Å². The molecule has 0 saturated carbocycles. The number of rotatable bonds is 10. The van der Waals surface area contributed by atoms with Crippen molar-refractivity contribution in [1.29, 1.82) is 0 Å². The van der Waals surface area contributed by atoms with E-state index in [1.54, 1.807) is 66.7 Å². The molecule has 1 aromatic heterocycles. The van der Waals surface area contributed by atoms with Crippen LogP contribution in [0.4, 0.5) is 11.4 Å². The Balaban J connectivity index is 1.30. The van der Waals surface area contributed by atoms with Crippen molar-refractivity contribution in [2.24, 2.45) is 0 Å². The van der Waals surface area contributed by atoms with Gasteiger partial charge in [0.25, 0.3) is 11.8 Å². The summed E-state index contributed by atoms with van der Waals surface area (Å²) in [5.41, 5.74) is 3.37. The molecular weight excluding hydrogens is 598 g/mol. The van der Waals surface area contributed by atoms with Crippen molar-refractivity contribution in [1.82, 2.24) is 5.32 Å². The van der Waals surface area contributed by atoms with Crippen LogP contribution in [0.2, 0.25) is 5.02 Å². The van der Waals surface area contributed by atoms with Gasteiger partial charge in [-0.3, -0.25) is 14.4 Å². The van der Waals surface area contributed by atoms with E-state index >= 15 is 0 Å². The molecule has 0 fully saturated rings. The van der Waals surface area contributed by atoms with E-state index in [1.165, 1.54) is 23.1 Å². The van der Waals surface area contributed by atoms with E-state index in [4.69, 9.17) is 11.6 Å². The van der Waals surface area contributed by atoms with Crippen LogP contribution in [0.15, 0.2) is 137 Å². The molecule has 0 aliphatic carbocycles. The molecule has 43 heavy (non-hydrogen) atoms. The molecule has 5 rings (SSSR count). The summed E-state index contributed by atoms with van der Waals surface area (Å²) in [5, 5.41) is 12.3. The average Bonchev–Trinajstić information content (AvgIpc) is 3.54. The van der Waals surface area contributed by atoms with E-state index in [9.17, 15) is 14.4 Å². The fourth-order valence-electron chi connectivity index (χ4n) is 4.09. The van der Waals surface area contributed by atoms with Crippen LogP contribution < -0.4 is 16.0 Å². The highest BCUT2D eigenvalue weighted by Crippen LogP contribution is 2.37. The molecule has 3 amide bonds. The first-order valence-corrected chi connectivity index (χ1v) is 15.4. The molecule has 0 bridgehead atoms. The largest absolute Gasteiger partial charge is 0.325 e. The van der Waals surface area contributed by atoms with Crippen LogP contribution in [-0.4, -0.2) is 17.7 Å². The number of hydrogen-bond donors (Lipinski definition) is 3. The van der Waals surface area contributed by atoms with Crippen molar-refractivity contribution >= 4 is 69.9 Å². The van der Waals surface area contributed by atoms with E-state index in [0.717, 1.165) is 16.0 Å². The van der Waals surface area contributed by atoms with E-state index in [-0.39, 0.29) is 17.5 Å². The molecule has 214 valence electrons. The standard InChI is InChI=1S/C34H26ClN3O3S2/c35-26-12-7-13-28(21-26)37-34(41)31(24-8-3-1-4-9-24)43-29-16-14-27(15-17-29)36-33(40)30(20-23-18-19-42-22-23)38-32(39)25-10-5-2-6-11-25/h1-22,31H,(H,36,40)(H,37,41)(H,38,39)/b30-20-. The van der Waals surface area contributed by atoms with Crippen LogP contribution in [0.5, 0.6) is 0 Å². The molecule has 0 spiro atoms. The molecule has 5 aromatic rings. The van der Waals surface area contributed by atoms with Gasteiger partial charge in [-0.25, -0.2) is 0 Å². The maximum atomic E-state index is 13.4. The number of hydrogen-bond acceptors (Lipinski definition) is 5. The smallest absolute Gasteiger partial charge is 0.272 e. The molecule has 4 aromatic carbocycles. The predicted octanol–water partition coefficient (Wildman–Crippen LogP) is 8.28. The molecule has 9 heteroatoms. The third kappa shape index (κ3) is 8.45. The van der Waals surface area contributed by atoms with Crippen molar-refractivity contribution in [2.75, 3.05) is 10.6 Å². The minimum Gasteiger partial charge on any atom is -0.325 e. The van der Waals surface area contributed by atoms with Crippen LogP contribution in [0.3, 0.4) is 0 Å². The maximum absolute atomic E-state index is 13.4. The zero-order valence-corrected chi connectivity index (χ0v) is 25.1. The molecule has 0 aliphatic heterocycles. The second-order valence-electron chi connectivity index (χ2n) is 9.32. The lowest BCUT2D eigenvalue weighted by Crippen LogP contribution is -2.30. The van der Waals surface area contributed by atoms with Crippen LogP contribution in [-0.2, 0) is 9.59 Å². The van der Waals surface area contributed by atoms with Crippen molar-refractivity contribution in [2.45, 2.75) is 10.1 Å². The summed E-state index contributed by atoms with van der Waals surface area (Å²) in [6.45, 7) is 0. The van der Waals surface area contributed by atoms with E-state index in [2.05, 4.69) is 16.0 Å². The second kappa shape index (κ2) is 14.5. The Labute approximate surface area is 262 Å². The molecule has 0 aliphatic rings. The normalized spacial score (nSPS) is 11.8. The summed E-state index contributed by atoms with van der Waals surface area (Å²) in [6.07, 6.45) is 1.64. The number of thioether (sulfide) groups is 1. The Morgan fingerprint density at radius 1 is 0.767 bits per heavy atom. The first-order chi connectivity index (χ1) is 20.9. The van der Waals surface area contributed by atoms with Crippen molar-refractivity contribution < 1.29 is 14.4 Å². The van der Waals surface area contributed by atoms with Gasteiger partial charge in [-0.1, -0.05) is 66.2 Å². The summed E-state index contributed by atoms with van der Waals surface area (Å²) in [7, 11) is 0. The van der Waals surface area contributed by atoms with Gasteiger partial charge in [0, 0.05) is 26.9 Å². The van der Waals surface area contributed by atoms with Crippen molar-refractivity contribution in [3.8, 4) is 0 Å². The number of amides is 3. The number of carbonyl (C=O) groups is 3. The van der Waals surface area contributed by atoms with Gasteiger partial charge in [-0.2, -0.15) is 11.3 Å². The van der Waals surface area contributed by atoms with Gasteiger partial charge in [-0.05, 0) is 88.6 Å². The van der Waals surface area contributed by atoms with Crippen LogP contribution >= 0.6 is 34.7 Å². The lowest BCUT2D eigenvalue weighted by molar-refractivity contribution is -0.116. The summed E-state index contributed by atoms with van der Waals surface area (Å²) >= 11 is 8.99. The Morgan fingerprint density at radius 3 is 2.16 bits per heavy atom. The fraction of sp³-hybridized carbons (Fsp3) is 0.0294. The fourth-order valence-corrected chi connectivity index (χ4v) is 5.93. The number of benzene rings is 4. The van der Waals surface area contributed by atoms with Crippen LogP contribution in [0, 0.1) is 0 Å². The summed E-state index contributed by atoms with van der Waals surface area (Å²) in [5.74, 6) is -1.03. The van der Waals surface area contributed by atoms with E-state index in [1.807, 2.05) is 65.4 Å². The molecule has 6 nitrogen and oxygen atoms in total. The summed E-state index contributed by atoms with van der Waals surface area (Å²) in [4.78, 5) is 40.3. The highest BCUT2D eigenvalue weighted by atomic mass is 35.5. The Hall–Kier alpha value is -4.63. The highest BCUT2D eigenvalue weighted by Gasteiger charge is 2.22. The monoisotopic (exact) mass is 623 g/mol. The number of thiophene rings is 1. The van der Waals surface area contributed by atoms with Crippen molar-refractivity contribution in [3.05, 3.63) is 153 Å². The van der Waals surface area contributed by atoms with Crippen molar-refractivity contribution in [3.63, 3.8) is 0 Å². The second-order valence-corrected chi connectivity index (χ2v) is 11.7. The number of carbonyl (C=O) groups excluding carboxylic acids is 3. The number of nitrogens with one attached hydrogen (secondary N) is 3. The number of anilines is 2. The Kier molecular flexibility index (Phi) is 10.1. The maximum Gasteiger partial charge on any atom is 0.272 e. The molecular formula is C34H26ClN3O3S2. The molecule has 1 atom stereocenters. The Bertz CT molecular complexity index is 1730. The molecule has 3 N–H and O–H groups in total. The zero-order valence-electron chi connectivity index (χ0n) is 22.7. The molecule has 1 heterocycles. The van der Waals surface area contributed by atoms with Gasteiger partial charge in [0.15, 0.2) is 0 Å². The van der Waals surface area contributed by atoms with Gasteiger partial charge in [-0.15, -0.1) is 11.8 Å². The summed E-state index contributed by atoms with van der Waals surface area (Å²) in [6, 6.07) is 34.3. The predicted molar refractivity (Wildman–Crippen MR) is 176 cm³/mol. The summed E-state index contributed by atoms with van der Waals surface area (Å²) < 4.78 is 0. The van der Waals surface area contributed by atoms with E-state index < -0.39 is 11.2 Å². The number of halogens is 1. The zero-order chi connectivity index (χ0) is 30.0. The third-order valence-corrected chi connectivity index (χ3v) is 8.38. The lowest BCUT2D eigenvalue weighted by Gasteiger charge is -2.17. The topological polar surface area (TPSA) is 87.3 Å². The minimum atomic E-state index is -0.533. The van der Waals surface area contributed by atoms with Gasteiger partial charge >= 0.3 is 0 Å². The molecule has 0 saturated heterocycles. The molecule has 1 unspecified atom stereocenters. The Morgan fingerprint density at radius 2 is 1.49 bits per heavy atom.